The molecule has 2 heterocycles. The maximum absolute atomic E-state index is 14.0. The fourth-order valence-electron chi connectivity index (χ4n) is 3.34. The molecular weight excluding hydrogens is 327 g/mol. The van der Waals surface area contributed by atoms with Crippen molar-refractivity contribution in [2.24, 2.45) is 0 Å². The number of nitrogens with zero attached hydrogens (tertiary/aromatic N) is 3. The zero-order chi connectivity index (χ0) is 17.3. The van der Waals surface area contributed by atoms with Gasteiger partial charge in [-0.15, -0.1) is 0 Å². The van der Waals surface area contributed by atoms with Crippen LogP contribution in [0.3, 0.4) is 0 Å². The topological polar surface area (TPSA) is 41.0 Å². The second-order valence-electron chi connectivity index (χ2n) is 7.09. The highest BCUT2D eigenvalue weighted by Gasteiger charge is 2.41. The van der Waals surface area contributed by atoms with Crippen molar-refractivity contribution in [3.05, 3.63) is 53.1 Å². The lowest BCUT2D eigenvalue weighted by Gasteiger charge is -2.39. The van der Waals surface area contributed by atoms with Crippen LogP contribution in [-0.2, 0) is 0 Å². The number of anilines is 1. The van der Waals surface area contributed by atoms with E-state index in [0.717, 1.165) is 18.5 Å². The minimum Gasteiger partial charge on any atom is -0.350 e. The third kappa shape index (κ3) is 3.52. The predicted molar refractivity (Wildman–Crippen MR) is 94.7 cm³/mol. The zero-order valence-corrected chi connectivity index (χ0v) is 14.9. The standard InChI is InChI=1S/C18H22ClFN4/c1-18(2,3)24-10-7-15(23-17-21-8-4-9-22-17)16(24)12-5-6-13(19)14(20)11-12/h4-6,8-9,11,15-16H,7,10H2,1-3H3,(H,21,22,23). The number of likely N-dealkylation sites (tertiary alicyclic amines) is 1. The van der Waals surface area contributed by atoms with Gasteiger partial charge in [-0.25, -0.2) is 14.4 Å². The van der Waals surface area contributed by atoms with E-state index < -0.39 is 0 Å². The van der Waals surface area contributed by atoms with E-state index in [0.29, 0.717) is 5.95 Å². The third-order valence-electron chi connectivity index (χ3n) is 4.43. The molecule has 128 valence electrons. The molecule has 6 heteroatoms. The first-order valence-corrected chi connectivity index (χ1v) is 8.49. The first-order valence-electron chi connectivity index (χ1n) is 8.11. The molecule has 0 spiro atoms. The Morgan fingerprint density at radius 1 is 1.25 bits per heavy atom. The largest absolute Gasteiger partial charge is 0.350 e. The van der Waals surface area contributed by atoms with Crippen LogP contribution >= 0.6 is 11.6 Å². The van der Waals surface area contributed by atoms with Gasteiger partial charge in [-0.2, -0.15) is 0 Å². The van der Waals surface area contributed by atoms with E-state index in [1.807, 2.05) is 6.07 Å². The fraction of sp³-hybridized carbons (Fsp3) is 0.444. The maximum atomic E-state index is 14.0. The molecule has 0 aliphatic carbocycles. The van der Waals surface area contributed by atoms with E-state index >= 15 is 0 Å². The van der Waals surface area contributed by atoms with E-state index in [1.54, 1.807) is 24.5 Å². The summed E-state index contributed by atoms with van der Waals surface area (Å²) in [6.07, 6.45) is 4.36. The normalized spacial score (nSPS) is 21.9. The molecule has 1 N–H and O–H groups in total. The molecule has 0 saturated carbocycles. The monoisotopic (exact) mass is 348 g/mol. The molecule has 1 saturated heterocycles. The van der Waals surface area contributed by atoms with Gasteiger partial charge in [-0.05, 0) is 51.0 Å². The molecule has 1 aliphatic heterocycles. The number of hydrogen-bond acceptors (Lipinski definition) is 4. The van der Waals surface area contributed by atoms with Gasteiger partial charge in [0.25, 0.3) is 0 Å². The summed E-state index contributed by atoms with van der Waals surface area (Å²) in [4.78, 5) is 10.9. The molecule has 0 radical (unpaired) electrons. The Morgan fingerprint density at radius 3 is 2.58 bits per heavy atom. The third-order valence-corrected chi connectivity index (χ3v) is 4.73. The first kappa shape index (κ1) is 17.1. The molecule has 24 heavy (non-hydrogen) atoms. The van der Waals surface area contributed by atoms with Gasteiger partial charge in [0.15, 0.2) is 0 Å². The van der Waals surface area contributed by atoms with Gasteiger partial charge >= 0.3 is 0 Å². The van der Waals surface area contributed by atoms with Gasteiger partial charge in [-0.3, -0.25) is 4.90 Å². The summed E-state index contributed by atoms with van der Waals surface area (Å²) in [5.74, 6) is 0.210. The Kier molecular flexibility index (Phi) is 4.74. The number of rotatable bonds is 3. The van der Waals surface area contributed by atoms with E-state index in [4.69, 9.17) is 11.6 Å². The molecule has 2 unspecified atom stereocenters. The quantitative estimate of drug-likeness (QED) is 0.898. The highest BCUT2D eigenvalue weighted by atomic mass is 35.5. The van der Waals surface area contributed by atoms with Crippen LogP contribution < -0.4 is 5.32 Å². The van der Waals surface area contributed by atoms with Gasteiger partial charge < -0.3 is 5.32 Å². The van der Waals surface area contributed by atoms with Gasteiger partial charge in [0.2, 0.25) is 5.95 Å². The zero-order valence-electron chi connectivity index (χ0n) is 14.1. The van der Waals surface area contributed by atoms with Crippen LogP contribution in [-0.4, -0.2) is 33.0 Å². The van der Waals surface area contributed by atoms with Crippen molar-refractivity contribution < 1.29 is 4.39 Å². The van der Waals surface area contributed by atoms with Gasteiger partial charge in [0, 0.05) is 30.5 Å². The minimum atomic E-state index is -0.385. The molecule has 0 bridgehead atoms. The van der Waals surface area contributed by atoms with Gasteiger partial charge in [-0.1, -0.05) is 17.7 Å². The average molecular weight is 349 g/mol. The second kappa shape index (κ2) is 6.65. The predicted octanol–water partition coefficient (Wildman–Crippen LogP) is 4.30. The molecule has 0 amide bonds. The Balaban J connectivity index is 1.94. The molecule has 1 aromatic heterocycles. The maximum Gasteiger partial charge on any atom is 0.222 e. The lowest BCUT2D eigenvalue weighted by Crippen LogP contribution is -2.43. The summed E-state index contributed by atoms with van der Waals surface area (Å²) < 4.78 is 14.0. The summed E-state index contributed by atoms with van der Waals surface area (Å²) in [6, 6.07) is 6.99. The van der Waals surface area contributed by atoms with Gasteiger partial charge in [0.05, 0.1) is 11.1 Å². The second-order valence-corrected chi connectivity index (χ2v) is 7.50. The summed E-state index contributed by atoms with van der Waals surface area (Å²) in [7, 11) is 0. The molecule has 1 aromatic carbocycles. The van der Waals surface area contributed by atoms with Crippen molar-refractivity contribution in [2.75, 3.05) is 11.9 Å². The smallest absolute Gasteiger partial charge is 0.222 e. The molecule has 3 rings (SSSR count). The summed E-state index contributed by atoms with van der Waals surface area (Å²) >= 11 is 5.86. The number of hydrogen-bond donors (Lipinski definition) is 1. The van der Waals surface area contributed by atoms with Crippen molar-refractivity contribution in [3.8, 4) is 0 Å². The van der Waals surface area contributed by atoms with Crippen LogP contribution in [0.25, 0.3) is 0 Å². The van der Waals surface area contributed by atoms with Crippen molar-refractivity contribution >= 4 is 17.5 Å². The molecular formula is C18H22ClFN4. The summed E-state index contributed by atoms with van der Waals surface area (Å²) in [5.41, 5.74) is 0.882. The number of aromatic nitrogens is 2. The average Bonchev–Trinajstić information content (AvgIpc) is 2.95. The highest BCUT2D eigenvalue weighted by molar-refractivity contribution is 6.30. The minimum absolute atomic E-state index is 0.0283. The van der Waals surface area contributed by atoms with E-state index in [1.165, 1.54) is 6.07 Å². The molecule has 2 atom stereocenters. The molecule has 1 aliphatic rings. The first-order chi connectivity index (χ1) is 11.4. The van der Waals surface area contributed by atoms with Gasteiger partial charge in [0.1, 0.15) is 5.82 Å². The van der Waals surface area contributed by atoms with Crippen LogP contribution in [0.2, 0.25) is 5.02 Å². The number of halogens is 2. The summed E-state index contributed by atoms with van der Waals surface area (Å²) in [5, 5.41) is 3.55. The number of benzene rings is 1. The Bertz CT molecular complexity index is 702. The van der Waals surface area contributed by atoms with Crippen molar-refractivity contribution in [1.82, 2.24) is 14.9 Å². The Labute approximate surface area is 147 Å². The SMILES string of the molecule is CC(C)(C)N1CCC(Nc2ncccn2)C1c1ccc(Cl)c(F)c1. The van der Waals surface area contributed by atoms with Crippen molar-refractivity contribution in [1.29, 1.82) is 0 Å². The molecule has 4 nitrogen and oxygen atoms in total. The van der Waals surface area contributed by atoms with Crippen LogP contribution in [0.5, 0.6) is 0 Å². The van der Waals surface area contributed by atoms with E-state index in [2.05, 4.69) is 41.0 Å². The van der Waals surface area contributed by atoms with Crippen LogP contribution in [0.15, 0.2) is 36.7 Å². The fourth-order valence-corrected chi connectivity index (χ4v) is 3.46. The van der Waals surface area contributed by atoms with Crippen LogP contribution in [0.4, 0.5) is 10.3 Å². The molecule has 1 fully saturated rings. The highest BCUT2D eigenvalue weighted by Crippen LogP contribution is 2.39. The molecule has 2 aromatic rings. The van der Waals surface area contributed by atoms with E-state index in [9.17, 15) is 4.39 Å². The van der Waals surface area contributed by atoms with Crippen molar-refractivity contribution in [2.45, 2.75) is 44.8 Å². The van der Waals surface area contributed by atoms with E-state index in [-0.39, 0.29) is 28.5 Å². The summed E-state index contributed by atoms with van der Waals surface area (Å²) in [6.45, 7) is 7.44. The van der Waals surface area contributed by atoms with Crippen molar-refractivity contribution in [3.63, 3.8) is 0 Å². The lowest BCUT2D eigenvalue weighted by molar-refractivity contribution is 0.118. The van der Waals surface area contributed by atoms with Crippen LogP contribution in [0, 0.1) is 5.82 Å². The Hall–Kier alpha value is -1.72. The van der Waals surface area contributed by atoms with Crippen LogP contribution in [0.1, 0.15) is 38.8 Å². The number of nitrogens with one attached hydrogen (secondary N) is 1. The Morgan fingerprint density at radius 2 is 1.96 bits per heavy atom. The lowest BCUT2D eigenvalue weighted by atomic mass is 9.96.